The van der Waals surface area contributed by atoms with E-state index in [1.165, 1.54) is 7.11 Å². The number of rotatable bonds is 7. The fourth-order valence-corrected chi connectivity index (χ4v) is 2.43. The van der Waals surface area contributed by atoms with Gasteiger partial charge in [-0.2, -0.15) is 0 Å². The average Bonchev–Trinajstić information content (AvgIpc) is 2.36. The van der Waals surface area contributed by atoms with Crippen LogP contribution in [-0.4, -0.2) is 33.6 Å². The molecule has 0 aliphatic rings. The molecule has 1 rings (SSSR count). The molecule has 0 radical (unpaired) electrons. The second-order valence-corrected chi connectivity index (χ2v) is 5.72. The smallest absolute Gasteiger partial charge is 0.211 e. The van der Waals surface area contributed by atoms with Crippen LogP contribution in [0.4, 0.5) is 0 Å². The predicted molar refractivity (Wildman–Crippen MR) is 69.4 cm³/mol. The number of benzene rings is 1. The maximum atomic E-state index is 11.7. The van der Waals surface area contributed by atoms with Gasteiger partial charge in [0.1, 0.15) is 5.75 Å². The Kier molecular flexibility index (Phi) is 5.30. The van der Waals surface area contributed by atoms with E-state index in [1.54, 1.807) is 31.2 Å². The number of carbonyl (C=O) groups excluding carboxylic acids is 1. The molecule has 0 unspecified atom stereocenters. The maximum Gasteiger partial charge on any atom is 0.211 e. The summed E-state index contributed by atoms with van der Waals surface area (Å²) in [5.74, 6) is 0.415. The number of methoxy groups -OCH3 is 1. The Morgan fingerprint density at radius 2 is 1.89 bits per heavy atom. The van der Waals surface area contributed by atoms with Crippen LogP contribution >= 0.6 is 0 Å². The van der Waals surface area contributed by atoms with Gasteiger partial charge in [0.15, 0.2) is 5.78 Å². The monoisotopic (exact) mass is 271 g/mol. The summed E-state index contributed by atoms with van der Waals surface area (Å²) >= 11 is 0. The third-order valence-electron chi connectivity index (χ3n) is 2.34. The average molecular weight is 271 g/mol. The normalized spacial score (nSPS) is 11.2. The van der Waals surface area contributed by atoms with Crippen LogP contribution in [0.2, 0.25) is 0 Å². The first-order chi connectivity index (χ1) is 8.48. The molecule has 1 N–H and O–H groups in total. The minimum absolute atomic E-state index is 0.0306. The highest BCUT2D eigenvalue weighted by molar-refractivity contribution is 7.89. The highest BCUT2D eigenvalue weighted by Crippen LogP contribution is 2.11. The molecule has 0 saturated carbocycles. The summed E-state index contributed by atoms with van der Waals surface area (Å²) in [4.78, 5) is 11.7. The Morgan fingerprint density at radius 1 is 1.28 bits per heavy atom. The molecule has 0 aromatic heterocycles. The minimum atomic E-state index is -3.34. The highest BCUT2D eigenvalue weighted by Gasteiger charge is 2.12. The Hall–Kier alpha value is -1.40. The van der Waals surface area contributed by atoms with Gasteiger partial charge in [0, 0.05) is 5.56 Å². The van der Waals surface area contributed by atoms with Crippen LogP contribution in [0.5, 0.6) is 5.75 Å². The second kappa shape index (κ2) is 6.51. The van der Waals surface area contributed by atoms with Crippen molar-refractivity contribution in [2.45, 2.75) is 13.3 Å². The molecule has 0 bridgehead atoms. The second-order valence-electron chi connectivity index (χ2n) is 3.79. The summed E-state index contributed by atoms with van der Waals surface area (Å²) in [5.41, 5.74) is 0.454. The van der Waals surface area contributed by atoms with Crippen LogP contribution < -0.4 is 9.46 Å². The van der Waals surface area contributed by atoms with Crippen LogP contribution in [0.15, 0.2) is 24.3 Å². The number of sulfonamides is 1. The predicted octanol–water partition coefficient (Wildman–Crippen LogP) is 1.21. The van der Waals surface area contributed by atoms with Crippen LogP contribution in [0.25, 0.3) is 0 Å². The van der Waals surface area contributed by atoms with Crippen molar-refractivity contribution in [3.8, 4) is 5.75 Å². The van der Waals surface area contributed by atoms with E-state index < -0.39 is 10.0 Å². The van der Waals surface area contributed by atoms with Crippen LogP contribution in [-0.2, 0) is 10.0 Å². The van der Waals surface area contributed by atoms with Gasteiger partial charge in [-0.05, 0) is 30.7 Å². The summed E-state index contributed by atoms with van der Waals surface area (Å²) in [6, 6.07) is 6.53. The molecule has 0 aliphatic heterocycles. The quantitative estimate of drug-likeness (QED) is 0.756. The van der Waals surface area contributed by atoms with E-state index in [4.69, 9.17) is 4.74 Å². The topological polar surface area (TPSA) is 72.5 Å². The number of nitrogens with one attached hydrogen (secondary N) is 1. The van der Waals surface area contributed by atoms with E-state index in [2.05, 4.69) is 4.72 Å². The van der Waals surface area contributed by atoms with Gasteiger partial charge in [-0.1, -0.05) is 6.92 Å². The molecule has 6 heteroatoms. The van der Waals surface area contributed by atoms with Gasteiger partial charge >= 0.3 is 0 Å². The summed E-state index contributed by atoms with van der Waals surface area (Å²) in [6.07, 6.45) is 0.520. The minimum Gasteiger partial charge on any atom is -0.497 e. The summed E-state index contributed by atoms with van der Waals surface area (Å²) < 4.78 is 30.0. The van der Waals surface area contributed by atoms with E-state index in [-0.39, 0.29) is 18.1 Å². The standard InChI is InChI=1S/C12H17NO4S/c1-3-8-18(15,16)13-9-12(14)10-4-6-11(17-2)7-5-10/h4-7,13H,3,8-9H2,1-2H3. The van der Waals surface area contributed by atoms with E-state index in [1.807, 2.05) is 0 Å². The third-order valence-corrected chi connectivity index (χ3v) is 3.87. The zero-order valence-electron chi connectivity index (χ0n) is 10.5. The molecule has 18 heavy (non-hydrogen) atoms. The van der Waals surface area contributed by atoms with Gasteiger partial charge in [-0.25, -0.2) is 13.1 Å². The van der Waals surface area contributed by atoms with Crippen LogP contribution in [0.3, 0.4) is 0 Å². The number of ether oxygens (including phenoxy) is 1. The van der Waals surface area contributed by atoms with Crippen molar-refractivity contribution in [2.75, 3.05) is 19.4 Å². The molecule has 0 fully saturated rings. The molecule has 0 heterocycles. The molecule has 100 valence electrons. The van der Waals surface area contributed by atoms with Crippen molar-refractivity contribution in [2.24, 2.45) is 0 Å². The third kappa shape index (κ3) is 4.46. The lowest BCUT2D eigenvalue weighted by atomic mass is 10.1. The number of carbonyl (C=O) groups is 1. The number of hydrogen-bond donors (Lipinski definition) is 1. The first kappa shape index (κ1) is 14.7. The maximum absolute atomic E-state index is 11.7. The Balaban J connectivity index is 2.60. The molecule has 0 atom stereocenters. The van der Waals surface area contributed by atoms with Crippen molar-refractivity contribution in [1.29, 1.82) is 0 Å². The fraction of sp³-hybridized carbons (Fsp3) is 0.417. The van der Waals surface area contributed by atoms with Crippen LogP contribution in [0, 0.1) is 0 Å². The van der Waals surface area contributed by atoms with Crippen molar-refractivity contribution in [3.05, 3.63) is 29.8 Å². The molecular weight excluding hydrogens is 254 g/mol. The van der Waals surface area contributed by atoms with Gasteiger partial charge in [0.2, 0.25) is 10.0 Å². The van der Waals surface area contributed by atoms with E-state index in [9.17, 15) is 13.2 Å². The Morgan fingerprint density at radius 3 is 2.39 bits per heavy atom. The molecule has 1 aromatic carbocycles. The first-order valence-electron chi connectivity index (χ1n) is 5.63. The lowest BCUT2D eigenvalue weighted by Crippen LogP contribution is -2.31. The molecule has 0 aliphatic carbocycles. The zero-order valence-corrected chi connectivity index (χ0v) is 11.3. The van der Waals surface area contributed by atoms with Crippen molar-refractivity contribution < 1.29 is 17.9 Å². The highest BCUT2D eigenvalue weighted by atomic mass is 32.2. The Labute approximate surface area is 107 Å². The molecule has 0 saturated heterocycles. The van der Waals surface area contributed by atoms with Crippen LogP contribution in [0.1, 0.15) is 23.7 Å². The molecule has 5 nitrogen and oxygen atoms in total. The summed E-state index contributed by atoms with van der Waals surface area (Å²) in [7, 11) is -1.81. The van der Waals surface area contributed by atoms with Crippen molar-refractivity contribution in [3.63, 3.8) is 0 Å². The Bertz CT molecular complexity index is 493. The van der Waals surface area contributed by atoms with E-state index in [0.717, 1.165) is 0 Å². The SMILES string of the molecule is CCCS(=O)(=O)NCC(=O)c1ccc(OC)cc1. The number of Topliss-reactive ketones (excluding diaryl/α,β-unsaturated/α-hetero) is 1. The fourth-order valence-electron chi connectivity index (χ4n) is 1.40. The first-order valence-corrected chi connectivity index (χ1v) is 7.28. The largest absolute Gasteiger partial charge is 0.497 e. The van der Waals surface area contributed by atoms with E-state index in [0.29, 0.717) is 17.7 Å². The number of hydrogen-bond acceptors (Lipinski definition) is 4. The molecule has 1 aromatic rings. The van der Waals surface area contributed by atoms with Crippen molar-refractivity contribution >= 4 is 15.8 Å². The lowest BCUT2D eigenvalue weighted by Gasteiger charge is -2.05. The number of ketones is 1. The van der Waals surface area contributed by atoms with Gasteiger partial charge < -0.3 is 4.74 Å². The lowest BCUT2D eigenvalue weighted by molar-refractivity contribution is 0.0997. The molecule has 0 spiro atoms. The zero-order chi connectivity index (χ0) is 13.6. The van der Waals surface area contributed by atoms with Gasteiger partial charge in [0.05, 0.1) is 19.4 Å². The van der Waals surface area contributed by atoms with Gasteiger partial charge in [-0.3, -0.25) is 4.79 Å². The van der Waals surface area contributed by atoms with Crippen molar-refractivity contribution in [1.82, 2.24) is 4.72 Å². The molecule has 0 amide bonds. The van der Waals surface area contributed by atoms with E-state index >= 15 is 0 Å². The summed E-state index contributed by atoms with van der Waals surface area (Å²) in [6.45, 7) is 1.55. The molecular formula is C12H17NO4S. The van der Waals surface area contributed by atoms with Gasteiger partial charge in [-0.15, -0.1) is 0 Å². The summed E-state index contributed by atoms with van der Waals surface area (Å²) in [5, 5.41) is 0. The van der Waals surface area contributed by atoms with Gasteiger partial charge in [0.25, 0.3) is 0 Å².